The molecule has 1 aromatic heterocycles. The van der Waals surface area contributed by atoms with Gasteiger partial charge in [0.15, 0.2) is 11.3 Å². The lowest BCUT2D eigenvalue weighted by Crippen LogP contribution is -2.62. The molecule has 1 atom stereocenters. The molecular weight excluding hydrogens is 537 g/mol. The molecule has 3 aromatic rings. The van der Waals surface area contributed by atoms with Gasteiger partial charge in [-0.2, -0.15) is 0 Å². The van der Waals surface area contributed by atoms with E-state index in [2.05, 4.69) is 10.3 Å². The summed E-state index contributed by atoms with van der Waals surface area (Å²) in [5.74, 6) is -0.213. The van der Waals surface area contributed by atoms with Crippen molar-refractivity contribution in [2.24, 2.45) is 0 Å². The van der Waals surface area contributed by atoms with Gasteiger partial charge >= 0.3 is 0 Å². The number of pyridine rings is 1. The number of carbonyl (C=O) groups excluding carboxylic acids is 1. The number of benzene rings is 2. The molecule has 2 aromatic carbocycles. The van der Waals surface area contributed by atoms with Crippen LogP contribution >= 0.6 is 47.0 Å². The first-order valence-electron chi connectivity index (χ1n) is 11.7. The number of aryl methyl sites for hydroxylation is 1. The Balaban J connectivity index is 1.49. The van der Waals surface area contributed by atoms with E-state index in [0.717, 1.165) is 34.3 Å². The predicted octanol–water partition coefficient (Wildman–Crippen LogP) is 5.54. The molecule has 1 aliphatic heterocycles. The second-order valence-electron chi connectivity index (χ2n) is 8.91. The molecule has 36 heavy (non-hydrogen) atoms. The first-order valence-corrected chi connectivity index (χ1v) is 13.2. The maximum atomic E-state index is 12.9. The van der Waals surface area contributed by atoms with Crippen molar-refractivity contribution in [3.8, 4) is 0 Å². The standard InChI is InChI=1S/C26H28Cl3N5OS/c1-32(2)20-12-9-18(10-13-20)11-14-22(35)31-24(26(27,28)29)34-17-5-16-33(25(34)36)21-8-3-6-19-7-4-15-30-23(19)21/h3-4,6-10,12-13,15,24H,5,11,14,16-17H2,1-2H3,(H,31,35). The Morgan fingerprint density at radius 3 is 2.53 bits per heavy atom. The van der Waals surface area contributed by atoms with E-state index in [-0.39, 0.29) is 12.3 Å². The Labute approximate surface area is 232 Å². The second-order valence-corrected chi connectivity index (χ2v) is 11.6. The molecule has 6 nitrogen and oxygen atoms in total. The Bertz CT molecular complexity index is 1230. The number of aromatic nitrogens is 1. The van der Waals surface area contributed by atoms with E-state index in [9.17, 15) is 4.79 Å². The Kier molecular flexibility index (Phi) is 8.45. The van der Waals surface area contributed by atoms with E-state index in [0.29, 0.717) is 24.6 Å². The summed E-state index contributed by atoms with van der Waals surface area (Å²) < 4.78 is -1.78. The summed E-state index contributed by atoms with van der Waals surface area (Å²) in [7, 11) is 3.98. The Morgan fingerprint density at radius 1 is 1.11 bits per heavy atom. The number of hydrogen-bond donors (Lipinski definition) is 1. The topological polar surface area (TPSA) is 51.7 Å². The fourth-order valence-electron chi connectivity index (χ4n) is 4.29. The van der Waals surface area contributed by atoms with Crippen molar-refractivity contribution in [1.82, 2.24) is 15.2 Å². The van der Waals surface area contributed by atoms with Crippen molar-refractivity contribution in [2.45, 2.75) is 29.2 Å². The molecule has 1 saturated heterocycles. The van der Waals surface area contributed by atoms with Gasteiger partial charge in [-0.25, -0.2) is 0 Å². The van der Waals surface area contributed by atoms with Gasteiger partial charge in [0.2, 0.25) is 9.70 Å². The molecule has 190 valence electrons. The highest BCUT2D eigenvalue weighted by Gasteiger charge is 2.42. The number of anilines is 2. The molecule has 0 radical (unpaired) electrons. The third-order valence-corrected chi connectivity index (χ3v) is 7.25. The normalized spacial score (nSPS) is 15.2. The monoisotopic (exact) mass is 563 g/mol. The van der Waals surface area contributed by atoms with E-state index < -0.39 is 9.96 Å². The van der Waals surface area contributed by atoms with E-state index in [1.807, 2.05) is 78.5 Å². The van der Waals surface area contributed by atoms with Gasteiger partial charge in [-0.1, -0.05) is 65.1 Å². The number of fused-ring (bicyclic) bond motifs is 1. The number of para-hydroxylation sites is 1. The summed E-state index contributed by atoms with van der Waals surface area (Å²) in [6.07, 6.45) is 2.45. The number of halogens is 3. The third kappa shape index (κ3) is 6.14. The first-order chi connectivity index (χ1) is 17.1. The fourth-order valence-corrected chi connectivity index (χ4v) is 5.20. The fraction of sp³-hybridized carbons (Fsp3) is 0.346. The van der Waals surface area contributed by atoms with Gasteiger partial charge in [0.1, 0.15) is 0 Å². The Hall–Kier alpha value is -2.32. The third-order valence-electron chi connectivity index (χ3n) is 6.17. The van der Waals surface area contributed by atoms with Gasteiger partial charge in [0, 0.05) is 50.9 Å². The van der Waals surface area contributed by atoms with Crippen LogP contribution in [0.3, 0.4) is 0 Å². The number of nitrogens with one attached hydrogen (secondary N) is 1. The summed E-state index contributed by atoms with van der Waals surface area (Å²) in [6.45, 7) is 1.26. The summed E-state index contributed by atoms with van der Waals surface area (Å²) in [5, 5.41) is 4.41. The Morgan fingerprint density at radius 2 is 1.83 bits per heavy atom. The molecule has 0 spiro atoms. The van der Waals surface area contributed by atoms with Crippen LogP contribution in [0.25, 0.3) is 10.9 Å². The van der Waals surface area contributed by atoms with Crippen LogP contribution in [-0.2, 0) is 11.2 Å². The van der Waals surface area contributed by atoms with Crippen molar-refractivity contribution in [3.63, 3.8) is 0 Å². The number of nitrogens with zero attached hydrogens (tertiary/aromatic N) is 4. The molecule has 1 unspecified atom stereocenters. The highest BCUT2D eigenvalue weighted by Crippen LogP contribution is 2.35. The van der Waals surface area contributed by atoms with Crippen LogP contribution in [-0.4, -0.2) is 58.0 Å². The molecule has 10 heteroatoms. The zero-order chi connectivity index (χ0) is 25.9. The summed E-state index contributed by atoms with van der Waals surface area (Å²) in [6, 6.07) is 18.0. The zero-order valence-electron chi connectivity index (χ0n) is 20.1. The molecule has 1 N–H and O–H groups in total. The van der Waals surface area contributed by atoms with Crippen LogP contribution in [0.1, 0.15) is 18.4 Å². The molecule has 0 aliphatic carbocycles. The number of hydrogen-bond acceptors (Lipinski definition) is 4. The van der Waals surface area contributed by atoms with Crippen LogP contribution in [0.5, 0.6) is 0 Å². The maximum absolute atomic E-state index is 12.9. The number of carbonyl (C=O) groups is 1. The van der Waals surface area contributed by atoms with Crippen molar-refractivity contribution < 1.29 is 4.79 Å². The van der Waals surface area contributed by atoms with Crippen molar-refractivity contribution in [1.29, 1.82) is 0 Å². The van der Waals surface area contributed by atoms with Gasteiger partial charge in [0.05, 0.1) is 11.2 Å². The lowest BCUT2D eigenvalue weighted by atomic mass is 10.1. The molecule has 1 fully saturated rings. The van der Waals surface area contributed by atoms with Crippen LogP contribution in [0.2, 0.25) is 0 Å². The van der Waals surface area contributed by atoms with Crippen molar-refractivity contribution in [3.05, 3.63) is 66.4 Å². The van der Waals surface area contributed by atoms with Crippen LogP contribution in [0.4, 0.5) is 11.4 Å². The zero-order valence-corrected chi connectivity index (χ0v) is 23.2. The van der Waals surface area contributed by atoms with E-state index in [1.54, 1.807) is 11.1 Å². The largest absolute Gasteiger partial charge is 0.378 e. The lowest BCUT2D eigenvalue weighted by molar-refractivity contribution is -0.122. The minimum Gasteiger partial charge on any atom is -0.378 e. The minimum absolute atomic E-state index is 0.213. The SMILES string of the molecule is CN(C)c1ccc(CCC(=O)NC(N2CCCN(c3cccc4cccnc34)C2=S)C(Cl)(Cl)Cl)cc1. The lowest BCUT2D eigenvalue weighted by Gasteiger charge is -2.44. The molecular formula is C26H28Cl3N5OS. The molecule has 4 rings (SSSR count). The molecule has 1 aliphatic rings. The smallest absolute Gasteiger partial charge is 0.228 e. The highest BCUT2D eigenvalue weighted by molar-refractivity contribution is 7.80. The maximum Gasteiger partial charge on any atom is 0.228 e. The van der Waals surface area contributed by atoms with Crippen LogP contribution < -0.4 is 15.1 Å². The molecule has 2 heterocycles. The summed E-state index contributed by atoms with van der Waals surface area (Å²) in [4.78, 5) is 23.3. The van der Waals surface area contributed by atoms with Gasteiger partial charge in [-0.3, -0.25) is 9.78 Å². The quantitative estimate of drug-likeness (QED) is 0.300. The van der Waals surface area contributed by atoms with E-state index in [4.69, 9.17) is 47.0 Å². The molecule has 1 amide bonds. The van der Waals surface area contributed by atoms with Crippen LogP contribution in [0, 0.1) is 0 Å². The summed E-state index contributed by atoms with van der Waals surface area (Å²) >= 11 is 25.0. The minimum atomic E-state index is -1.78. The van der Waals surface area contributed by atoms with Crippen LogP contribution in [0.15, 0.2) is 60.8 Å². The molecule has 0 saturated carbocycles. The average Bonchev–Trinajstić information content (AvgIpc) is 2.86. The number of amides is 1. The predicted molar refractivity (Wildman–Crippen MR) is 154 cm³/mol. The summed E-state index contributed by atoms with van der Waals surface area (Å²) in [5.41, 5.74) is 3.89. The molecule has 0 bridgehead atoms. The van der Waals surface area contributed by atoms with Gasteiger partial charge in [-0.15, -0.1) is 0 Å². The van der Waals surface area contributed by atoms with Crippen molar-refractivity contribution in [2.75, 3.05) is 37.0 Å². The highest BCUT2D eigenvalue weighted by atomic mass is 35.6. The van der Waals surface area contributed by atoms with Gasteiger partial charge in [0.25, 0.3) is 0 Å². The average molecular weight is 565 g/mol. The number of rotatable bonds is 7. The van der Waals surface area contributed by atoms with Crippen molar-refractivity contribution >= 4 is 80.3 Å². The van der Waals surface area contributed by atoms with Gasteiger partial charge < -0.3 is 20.0 Å². The van der Waals surface area contributed by atoms with Gasteiger partial charge in [-0.05, 0) is 54.9 Å². The van der Waals surface area contributed by atoms with E-state index >= 15 is 0 Å². The number of alkyl halides is 3. The van der Waals surface area contributed by atoms with E-state index in [1.165, 1.54) is 0 Å². The second kappa shape index (κ2) is 11.4. The first kappa shape index (κ1) is 26.7. The number of thiocarbonyl (C=S) groups is 1.